The molecule has 2 aromatic carbocycles. The quantitative estimate of drug-likeness (QED) is 0.508. The van der Waals surface area contributed by atoms with Crippen LogP contribution < -0.4 is 4.74 Å². The van der Waals surface area contributed by atoms with Gasteiger partial charge in [-0.1, -0.05) is 70.2 Å². The highest BCUT2D eigenvalue weighted by Gasteiger charge is 2.33. The van der Waals surface area contributed by atoms with E-state index in [0.717, 1.165) is 26.7 Å². The molecule has 1 amide bonds. The predicted molar refractivity (Wildman–Crippen MR) is 112 cm³/mol. The maximum Gasteiger partial charge on any atom is 0.323 e. The number of carbonyl (C=O) groups excluding carboxylic acids is 1. The second-order valence-electron chi connectivity index (χ2n) is 5.62. The fourth-order valence-electron chi connectivity index (χ4n) is 2.41. The van der Waals surface area contributed by atoms with E-state index in [0.29, 0.717) is 22.8 Å². The van der Waals surface area contributed by atoms with Crippen molar-refractivity contribution < 1.29 is 19.4 Å². The van der Waals surface area contributed by atoms with Gasteiger partial charge in [-0.2, -0.15) is 0 Å². The van der Waals surface area contributed by atoms with E-state index in [4.69, 9.17) is 22.1 Å². The summed E-state index contributed by atoms with van der Waals surface area (Å²) < 4.78 is 6.98. The van der Waals surface area contributed by atoms with Crippen molar-refractivity contribution >= 4 is 62.2 Å². The van der Waals surface area contributed by atoms with E-state index in [-0.39, 0.29) is 4.32 Å². The summed E-state index contributed by atoms with van der Waals surface area (Å²) in [6.45, 7) is -0.0544. The zero-order valence-corrected chi connectivity index (χ0v) is 17.1. The van der Waals surface area contributed by atoms with Crippen molar-refractivity contribution in [2.75, 3.05) is 6.54 Å². The minimum absolute atomic E-state index is 0.232. The highest BCUT2D eigenvalue weighted by Crippen LogP contribution is 2.35. The molecule has 0 aromatic heterocycles. The molecule has 138 valence electrons. The molecular formula is C19H14BrNO4S2. The van der Waals surface area contributed by atoms with Crippen molar-refractivity contribution in [3.63, 3.8) is 0 Å². The van der Waals surface area contributed by atoms with Crippen LogP contribution in [0.2, 0.25) is 0 Å². The Balaban J connectivity index is 1.84. The summed E-state index contributed by atoms with van der Waals surface area (Å²) in [4.78, 5) is 24.8. The van der Waals surface area contributed by atoms with Crippen LogP contribution in [0.25, 0.3) is 6.08 Å². The van der Waals surface area contributed by atoms with E-state index in [9.17, 15) is 9.59 Å². The van der Waals surface area contributed by atoms with Crippen molar-refractivity contribution in [1.29, 1.82) is 0 Å². The van der Waals surface area contributed by atoms with E-state index in [1.54, 1.807) is 6.08 Å². The Labute approximate surface area is 174 Å². The molecule has 0 radical (unpaired) electrons. The van der Waals surface area contributed by atoms with Crippen LogP contribution in [0.1, 0.15) is 11.1 Å². The summed E-state index contributed by atoms with van der Waals surface area (Å²) in [5.41, 5.74) is 1.73. The molecule has 0 saturated carbocycles. The molecule has 1 aliphatic rings. The van der Waals surface area contributed by atoms with Gasteiger partial charge < -0.3 is 9.84 Å². The average Bonchev–Trinajstić information content (AvgIpc) is 2.89. The van der Waals surface area contributed by atoms with Crippen LogP contribution in [-0.2, 0) is 16.2 Å². The van der Waals surface area contributed by atoms with Crippen molar-refractivity contribution in [3.05, 3.63) is 69.0 Å². The highest BCUT2D eigenvalue weighted by molar-refractivity contribution is 9.10. The van der Waals surface area contributed by atoms with Crippen LogP contribution in [-0.4, -0.2) is 32.7 Å². The fraction of sp³-hybridized carbons (Fsp3) is 0.105. The number of ether oxygens (including phenoxy) is 1. The van der Waals surface area contributed by atoms with Gasteiger partial charge in [0.05, 0.1) is 4.91 Å². The third-order valence-corrected chi connectivity index (χ3v) is 5.53. The van der Waals surface area contributed by atoms with Crippen molar-refractivity contribution in [2.24, 2.45) is 0 Å². The van der Waals surface area contributed by atoms with E-state index >= 15 is 0 Å². The van der Waals surface area contributed by atoms with Gasteiger partial charge in [-0.15, -0.1) is 0 Å². The first kappa shape index (κ1) is 19.6. The Morgan fingerprint density at radius 1 is 1.26 bits per heavy atom. The normalized spacial score (nSPS) is 15.4. The molecule has 0 unspecified atom stereocenters. The summed E-state index contributed by atoms with van der Waals surface area (Å²) in [7, 11) is 0. The van der Waals surface area contributed by atoms with E-state index in [2.05, 4.69) is 15.9 Å². The second kappa shape index (κ2) is 8.69. The molecule has 0 bridgehead atoms. The standard InChI is InChI=1S/C19H14BrNO4S2/c20-14-6-7-15(25-11-12-4-2-1-3-5-12)13(8-14)9-16-18(24)21(10-17(22)23)19(26)27-16/h1-9H,10-11H2,(H,22,23)/b16-9-. The molecule has 1 heterocycles. The van der Waals surface area contributed by atoms with E-state index < -0.39 is 18.4 Å². The minimum Gasteiger partial charge on any atom is -0.488 e. The minimum atomic E-state index is -1.11. The number of rotatable bonds is 6. The molecule has 1 saturated heterocycles. The van der Waals surface area contributed by atoms with Gasteiger partial charge in [-0.25, -0.2) is 0 Å². The molecule has 0 aliphatic carbocycles. The Hall–Kier alpha value is -2.16. The van der Waals surface area contributed by atoms with E-state index in [1.807, 2.05) is 48.5 Å². The van der Waals surface area contributed by atoms with Gasteiger partial charge in [0.15, 0.2) is 0 Å². The Bertz CT molecular complexity index is 931. The molecule has 3 rings (SSSR count). The molecule has 8 heteroatoms. The second-order valence-corrected chi connectivity index (χ2v) is 8.21. The molecule has 0 atom stereocenters. The smallest absolute Gasteiger partial charge is 0.323 e. The van der Waals surface area contributed by atoms with Gasteiger partial charge in [-0.3, -0.25) is 14.5 Å². The third-order valence-electron chi connectivity index (χ3n) is 3.66. The summed E-state index contributed by atoms with van der Waals surface area (Å²) in [6, 6.07) is 15.3. The third kappa shape index (κ3) is 4.97. The molecule has 1 N–H and O–H groups in total. The van der Waals surface area contributed by atoms with Crippen molar-refractivity contribution in [1.82, 2.24) is 4.90 Å². The first-order valence-electron chi connectivity index (χ1n) is 7.87. The number of nitrogens with zero attached hydrogens (tertiary/aromatic N) is 1. The summed E-state index contributed by atoms with van der Waals surface area (Å²) in [5.74, 6) is -0.908. The zero-order valence-electron chi connectivity index (χ0n) is 13.9. The summed E-state index contributed by atoms with van der Waals surface area (Å²) >= 11 is 9.63. The highest BCUT2D eigenvalue weighted by atomic mass is 79.9. The van der Waals surface area contributed by atoms with Crippen LogP contribution in [0.3, 0.4) is 0 Å². The van der Waals surface area contributed by atoms with Crippen LogP contribution in [0, 0.1) is 0 Å². The van der Waals surface area contributed by atoms with Crippen LogP contribution in [0.5, 0.6) is 5.75 Å². The van der Waals surface area contributed by atoms with E-state index in [1.165, 1.54) is 0 Å². The number of hydrogen-bond donors (Lipinski definition) is 1. The number of thioether (sulfide) groups is 1. The number of amides is 1. The molecule has 1 fully saturated rings. The predicted octanol–water partition coefficient (Wildman–Crippen LogP) is 4.31. The molecular weight excluding hydrogens is 450 g/mol. The maximum atomic E-state index is 12.5. The lowest BCUT2D eigenvalue weighted by Gasteiger charge is -2.11. The van der Waals surface area contributed by atoms with Gasteiger partial charge in [0.2, 0.25) is 0 Å². The fourth-order valence-corrected chi connectivity index (χ4v) is 4.04. The zero-order chi connectivity index (χ0) is 19.4. The molecule has 1 aliphatic heterocycles. The van der Waals surface area contributed by atoms with Gasteiger partial charge in [0, 0.05) is 10.0 Å². The molecule has 5 nitrogen and oxygen atoms in total. The monoisotopic (exact) mass is 463 g/mol. The van der Waals surface area contributed by atoms with Crippen molar-refractivity contribution in [3.8, 4) is 5.75 Å². The lowest BCUT2D eigenvalue weighted by molar-refractivity contribution is -0.140. The lowest BCUT2D eigenvalue weighted by Crippen LogP contribution is -2.33. The van der Waals surface area contributed by atoms with Crippen LogP contribution in [0.15, 0.2) is 57.9 Å². The molecule has 0 spiro atoms. The summed E-state index contributed by atoms with van der Waals surface area (Å²) in [6.07, 6.45) is 1.67. The number of halogens is 1. The SMILES string of the molecule is O=C(O)CN1C(=O)/C(=C/c2cc(Br)ccc2OCc2ccccc2)SC1=S. The van der Waals surface area contributed by atoms with Crippen molar-refractivity contribution in [2.45, 2.75) is 6.61 Å². The maximum absolute atomic E-state index is 12.5. The topological polar surface area (TPSA) is 66.8 Å². The summed E-state index contributed by atoms with van der Waals surface area (Å²) in [5, 5.41) is 8.94. The van der Waals surface area contributed by atoms with Crippen LogP contribution in [0.4, 0.5) is 0 Å². The Kier molecular flexibility index (Phi) is 6.30. The van der Waals surface area contributed by atoms with Crippen LogP contribution >= 0.6 is 39.9 Å². The number of aliphatic carboxylic acids is 1. The number of thiocarbonyl (C=S) groups is 1. The number of carbonyl (C=O) groups is 2. The van der Waals surface area contributed by atoms with Gasteiger partial charge >= 0.3 is 5.97 Å². The Morgan fingerprint density at radius 3 is 2.70 bits per heavy atom. The number of carboxylic acid groups (broad SMARTS) is 1. The largest absolute Gasteiger partial charge is 0.488 e. The molecule has 27 heavy (non-hydrogen) atoms. The first-order chi connectivity index (χ1) is 12.9. The number of benzene rings is 2. The lowest BCUT2D eigenvalue weighted by atomic mass is 10.1. The Morgan fingerprint density at radius 2 is 2.00 bits per heavy atom. The van der Waals surface area contributed by atoms with Gasteiger partial charge in [-0.05, 0) is 29.8 Å². The number of hydrogen-bond acceptors (Lipinski definition) is 5. The van der Waals surface area contributed by atoms with Gasteiger partial charge in [0.25, 0.3) is 5.91 Å². The average molecular weight is 464 g/mol. The van der Waals surface area contributed by atoms with Gasteiger partial charge in [0.1, 0.15) is 23.2 Å². The number of carboxylic acids is 1. The molecule has 2 aromatic rings. The first-order valence-corrected chi connectivity index (χ1v) is 9.89.